The number of urea groups is 1. The van der Waals surface area contributed by atoms with Crippen LogP contribution in [-0.2, 0) is 20.7 Å². The number of ether oxygens (including phenoxy) is 1. The van der Waals surface area contributed by atoms with Crippen LogP contribution < -0.4 is 11.1 Å². The van der Waals surface area contributed by atoms with E-state index in [4.69, 9.17) is 10.5 Å². The van der Waals surface area contributed by atoms with Gasteiger partial charge in [-0.1, -0.05) is 12.1 Å². The molecule has 0 spiro atoms. The summed E-state index contributed by atoms with van der Waals surface area (Å²) in [5.41, 5.74) is 5.17. The lowest BCUT2D eigenvalue weighted by molar-refractivity contribution is -0.153. The van der Waals surface area contributed by atoms with Crippen molar-refractivity contribution >= 4 is 17.9 Å². The van der Waals surface area contributed by atoms with Gasteiger partial charge in [-0.3, -0.25) is 14.9 Å². The maximum absolute atomic E-state index is 12.9. The van der Waals surface area contributed by atoms with Crippen molar-refractivity contribution in [3.05, 3.63) is 35.6 Å². The lowest BCUT2D eigenvalue weighted by Gasteiger charge is -2.11. The number of benzene rings is 1. The Kier molecular flexibility index (Phi) is 4.99. The van der Waals surface area contributed by atoms with Crippen molar-refractivity contribution in [3.8, 4) is 0 Å². The first-order valence-corrected chi connectivity index (χ1v) is 5.42. The molecule has 0 aliphatic carbocycles. The van der Waals surface area contributed by atoms with Crippen molar-refractivity contribution in [3.63, 3.8) is 0 Å². The largest absolute Gasteiger partial charge is 0.452 e. The SMILES string of the molecule is C[C@@H](OC(=O)Cc1cccc(F)c1)C(=O)NC(N)=O. The van der Waals surface area contributed by atoms with Crippen LogP contribution in [0.3, 0.4) is 0 Å². The summed E-state index contributed by atoms with van der Waals surface area (Å²) in [4.78, 5) is 33.2. The fraction of sp³-hybridized carbons (Fsp3) is 0.250. The summed E-state index contributed by atoms with van der Waals surface area (Å²) in [6.07, 6.45) is -1.33. The van der Waals surface area contributed by atoms with Crippen LogP contribution in [0.15, 0.2) is 24.3 Å². The number of hydrogen-bond acceptors (Lipinski definition) is 4. The molecule has 19 heavy (non-hydrogen) atoms. The molecule has 0 heterocycles. The second-order valence-electron chi connectivity index (χ2n) is 3.79. The first-order chi connectivity index (χ1) is 8.88. The van der Waals surface area contributed by atoms with E-state index in [-0.39, 0.29) is 6.42 Å². The Balaban J connectivity index is 2.51. The van der Waals surface area contributed by atoms with E-state index < -0.39 is 29.8 Å². The summed E-state index contributed by atoms with van der Waals surface area (Å²) in [5, 5.41) is 1.78. The molecular formula is C12H13FN2O4. The van der Waals surface area contributed by atoms with E-state index in [0.717, 1.165) is 0 Å². The van der Waals surface area contributed by atoms with Gasteiger partial charge in [0.05, 0.1) is 6.42 Å². The Morgan fingerprint density at radius 3 is 2.68 bits per heavy atom. The van der Waals surface area contributed by atoms with Crippen LogP contribution in [0.5, 0.6) is 0 Å². The topological polar surface area (TPSA) is 98.5 Å². The second-order valence-corrected chi connectivity index (χ2v) is 3.79. The van der Waals surface area contributed by atoms with Gasteiger partial charge in [0.2, 0.25) is 0 Å². The van der Waals surface area contributed by atoms with E-state index in [1.165, 1.54) is 25.1 Å². The number of nitrogens with one attached hydrogen (secondary N) is 1. The molecule has 0 bridgehead atoms. The predicted molar refractivity (Wildman–Crippen MR) is 63.4 cm³/mol. The molecule has 1 aromatic carbocycles. The van der Waals surface area contributed by atoms with Gasteiger partial charge in [0.25, 0.3) is 5.91 Å². The number of imide groups is 1. The van der Waals surface area contributed by atoms with E-state index >= 15 is 0 Å². The molecule has 1 rings (SSSR count). The molecule has 0 saturated heterocycles. The van der Waals surface area contributed by atoms with Gasteiger partial charge in [-0.25, -0.2) is 9.18 Å². The van der Waals surface area contributed by atoms with Gasteiger partial charge in [-0.05, 0) is 24.6 Å². The molecule has 1 aromatic rings. The summed E-state index contributed by atoms with van der Waals surface area (Å²) in [6.45, 7) is 1.29. The van der Waals surface area contributed by atoms with Crippen LogP contribution in [0.1, 0.15) is 12.5 Å². The van der Waals surface area contributed by atoms with Crippen LogP contribution in [0.25, 0.3) is 0 Å². The lowest BCUT2D eigenvalue weighted by atomic mass is 10.1. The quantitative estimate of drug-likeness (QED) is 0.776. The first kappa shape index (κ1) is 14.6. The Hall–Kier alpha value is -2.44. The lowest BCUT2D eigenvalue weighted by Crippen LogP contribution is -2.42. The molecule has 0 fully saturated rings. The third-order valence-electron chi connectivity index (χ3n) is 2.16. The molecule has 102 valence electrons. The number of carbonyl (C=O) groups excluding carboxylic acids is 3. The molecule has 3 N–H and O–H groups in total. The van der Waals surface area contributed by atoms with Crippen molar-refractivity contribution in [1.82, 2.24) is 5.32 Å². The first-order valence-electron chi connectivity index (χ1n) is 5.42. The monoisotopic (exact) mass is 268 g/mol. The van der Waals surface area contributed by atoms with Gasteiger partial charge in [0.15, 0.2) is 6.10 Å². The highest BCUT2D eigenvalue weighted by Gasteiger charge is 2.19. The van der Waals surface area contributed by atoms with Crippen molar-refractivity contribution in [2.24, 2.45) is 5.73 Å². The van der Waals surface area contributed by atoms with Crippen molar-refractivity contribution in [2.45, 2.75) is 19.4 Å². The molecule has 0 aromatic heterocycles. The number of hydrogen-bond donors (Lipinski definition) is 2. The zero-order valence-corrected chi connectivity index (χ0v) is 10.2. The smallest absolute Gasteiger partial charge is 0.318 e. The normalized spacial score (nSPS) is 11.5. The van der Waals surface area contributed by atoms with Gasteiger partial charge >= 0.3 is 12.0 Å². The molecule has 0 radical (unpaired) electrons. The third-order valence-corrected chi connectivity index (χ3v) is 2.16. The fourth-order valence-corrected chi connectivity index (χ4v) is 1.33. The Morgan fingerprint density at radius 1 is 1.42 bits per heavy atom. The second kappa shape index (κ2) is 6.48. The maximum Gasteiger partial charge on any atom is 0.318 e. The summed E-state index contributed by atoms with van der Waals surface area (Å²) in [5.74, 6) is -2.00. The molecule has 0 unspecified atom stereocenters. The number of primary amides is 1. The Labute approximate surface area is 108 Å². The van der Waals surface area contributed by atoms with Gasteiger partial charge in [-0.15, -0.1) is 0 Å². The number of amides is 3. The van der Waals surface area contributed by atoms with Gasteiger partial charge in [0, 0.05) is 0 Å². The summed E-state index contributed by atoms with van der Waals surface area (Å²) in [6, 6.07) is 4.42. The molecular weight excluding hydrogens is 255 g/mol. The minimum atomic E-state index is -1.16. The van der Waals surface area contributed by atoms with Crippen LogP contribution in [-0.4, -0.2) is 24.0 Å². The number of halogens is 1. The van der Waals surface area contributed by atoms with Gasteiger partial charge in [0.1, 0.15) is 5.82 Å². The van der Waals surface area contributed by atoms with Crippen LogP contribution in [0.2, 0.25) is 0 Å². The van der Waals surface area contributed by atoms with Gasteiger partial charge < -0.3 is 10.5 Å². The highest BCUT2D eigenvalue weighted by atomic mass is 19.1. The van der Waals surface area contributed by atoms with Crippen LogP contribution in [0.4, 0.5) is 9.18 Å². The predicted octanol–water partition coefficient (Wildman–Crippen LogP) is 0.495. The van der Waals surface area contributed by atoms with Crippen molar-refractivity contribution in [2.75, 3.05) is 0 Å². The van der Waals surface area contributed by atoms with E-state index in [0.29, 0.717) is 5.56 Å². The average Bonchev–Trinajstić information content (AvgIpc) is 2.27. The number of esters is 1. The minimum absolute atomic E-state index is 0.175. The highest BCUT2D eigenvalue weighted by molar-refractivity contribution is 5.96. The summed E-state index contributed by atoms with van der Waals surface area (Å²) >= 11 is 0. The van der Waals surface area contributed by atoms with E-state index in [1.807, 2.05) is 0 Å². The molecule has 0 aliphatic rings. The number of carbonyl (C=O) groups is 3. The summed E-state index contributed by atoms with van der Waals surface area (Å²) < 4.78 is 17.7. The molecule has 6 nitrogen and oxygen atoms in total. The molecule has 3 amide bonds. The molecule has 7 heteroatoms. The standard InChI is InChI=1S/C12H13FN2O4/c1-7(11(17)15-12(14)18)19-10(16)6-8-3-2-4-9(13)5-8/h2-5,7H,6H2,1H3,(H3,14,15,17,18)/t7-/m1/s1. The Bertz CT molecular complexity index is 504. The minimum Gasteiger partial charge on any atom is -0.452 e. The average molecular weight is 268 g/mol. The summed E-state index contributed by atoms with van der Waals surface area (Å²) in [7, 11) is 0. The maximum atomic E-state index is 12.9. The van der Waals surface area contributed by atoms with E-state index in [1.54, 1.807) is 11.4 Å². The zero-order valence-electron chi connectivity index (χ0n) is 10.2. The van der Waals surface area contributed by atoms with Crippen molar-refractivity contribution < 1.29 is 23.5 Å². The molecule has 1 atom stereocenters. The van der Waals surface area contributed by atoms with E-state index in [2.05, 4.69) is 0 Å². The van der Waals surface area contributed by atoms with Crippen LogP contribution in [0, 0.1) is 5.82 Å². The fourth-order valence-electron chi connectivity index (χ4n) is 1.33. The third kappa shape index (κ3) is 5.15. The Morgan fingerprint density at radius 2 is 2.11 bits per heavy atom. The highest BCUT2D eigenvalue weighted by Crippen LogP contribution is 2.06. The molecule has 0 saturated carbocycles. The number of nitrogens with two attached hydrogens (primary N) is 1. The van der Waals surface area contributed by atoms with Crippen molar-refractivity contribution in [1.29, 1.82) is 0 Å². The molecule has 0 aliphatic heterocycles. The van der Waals surface area contributed by atoms with Crippen LogP contribution >= 0.6 is 0 Å². The number of rotatable bonds is 4. The van der Waals surface area contributed by atoms with Gasteiger partial charge in [-0.2, -0.15) is 0 Å². The van der Waals surface area contributed by atoms with E-state index in [9.17, 15) is 18.8 Å². The zero-order chi connectivity index (χ0) is 14.4.